The largest absolute Gasteiger partial charge is 0.504 e. The molecular weight excluding hydrogens is 304 g/mol. The van der Waals surface area contributed by atoms with Crippen molar-refractivity contribution in [3.63, 3.8) is 0 Å². The van der Waals surface area contributed by atoms with Crippen LogP contribution in [0.15, 0.2) is 36.5 Å². The van der Waals surface area contributed by atoms with E-state index in [2.05, 4.69) is 5.10 Å². The van der Waals surface area contributed by atoms with Crippen LogP contribution in [-0.4, -0.2) is 44.8 Å². The molecule has 1 aromatic heterocycles. The number of para-hydroxylation sites is 1. The maximum Gasteiger partial charge on any atom is 0.278 e. The van der Waals surface area contributed by atoms with Gasteiger partial charge < -0.3 is 15.7 Å². The second-order valence-corrected chi connectivity index (χ2v) is 5.17. The van der Waals surface area contributed by atoms with Crippen molar-refractivity contribution in [2.75, 3.05) is 13.1 Å². The first-order valence-corrected chi connectivity index (χ1v) is 7.06. The van der Waals surface area contributed by atoms with Gasteiger partial charge in [0.05, 0.1) is 11.9 Å². The van der Waals surface area contributed by atoms with Crippen molar-refractivity contribution in [1.82, 2.24) is 14.7 Å². The van der Waals surface area contributed by atoms with E-state index in [0.717, 1.165) is 18.5 Å². The number of hydrogen-bond acceptors (Lipinski definition) is 4. The molecule has 0 aliphatic carbocycles. The second kappa shape index (κ2) is 6.81. The highest BCUT2D eigenvalue weighted by atomic mass is 35.5. The van der Waals surface area contributed by atoms with Crippen molar-refractivity contribution in [2.24, 2.45) is 5.73 Å². The number of carbonyl (C=O) groups excluding carboxylic acids is 1. The van der Waals surface area contributed by atoms with Gasteiger partial charge in [-0.2, -0.15) is 5.10 Å². The molecule has 22 heavy (non-hydrogen) atoms. The van der Waals surface area contributed by atoms with Crippen molar-refractivity contribution < 1.29 is 9.90 Å². The lowest BCUT2D eigenvalue weighted by molar-refractivity contribution is 0.0732. The number of aromatic nitrogens is 2. The van der Waals surface area contributed by atoms with E-state index in [9.17, 15) is 9.90 Å². The van der Waals surface area contributed by atoms with Gasteiger partial charge in [0.15, 0.2) is 11.4 Å². The maximum absolute atomic E-state index is 12.5. The van der Waals surface area contributed by atoms with Crippen molar-refractivity contribution in [2.45, 2.75) is 18.9 Å². The van der Waals surface area contributed by atoms with E-state index in [1.807, 2.05) is 30.3 Å². The van der Waals surface area contributed by atoms with Gasteiger partial charge in [-0.05, 0) is 25.0 Å². The molecular formula is C15H19ClN4O2. The molecule has 0 bridgehead atoms. The molecule has 0 spiro atoms. The summed E-state index contributed by atoms with van der Waals surface area (Å²) in [4.78, 5) is 14.2. The first-order valence-electron chi connectivity index (χ1n) is 7.06. The average Bonchev–Trinajstić information content (AvgIpc) is 3.13. The number of hydrogen-bond donors (Lipinski definition) is 2. The third-order valence-corrected chi connectivity index (χ3v) is 3.83. The Morgan fingerprint density at radius 3 is 2.77 bits per heavy atom. The number of aromatic hydroxyl groups is 1. The highest BCUT2D eigenvalue weighted by Gasteiger charge is 2.31. The van der Waals surface area contributed by atoms with Crippen molar-refractivity contribution in [1.29, 1.82) is 0 Å². The van der Waals surface area contributed by atoms with Crippen LogP contribution in [0.3, 0.4) is 0 Å². The van der Waals surface area contributed by atoms with Gasteiger partial charge in [0.1, 0.15) is 0 Å². The number of likely N-dealkylation sites (tertiary alicyclic amines) is 1. The minimum atomic E-state index is -0.255. The molecule has 1 saturated heterocycles. The van der Waals surface area contributed by atoms with Crippen LogP contribution in [0, 0.1) is 0 Å². The van der Waals surface area contributed by atoms with E-state index in [-0.39, 0.29) is 35.8 Å². The van der Waals surface area contributed by atoms with Crippen LogP contribution >= 0.6 is 12.4 Å². The van der Waals surface area contributed by atoms with E-state index < -0.39 is 0 Å². The topological polar surface area (TPSA) is 84.4 Å². The van der Waals surface area contributed by atoms with E-state index in [1.165, 1.54) is 10.9 Å². The summed E-state index contributed by atoms with van der Waals surface area (Å²) < 4.78 is 1.51. The molecule has 1 amide bonds. The van der Waals surface area contributed by atoms with Crippen molar-refractivity contribution in [3.05, 3.63) is 42.2 Å². The van der Waals surface area contributed by atoms with Crippen molar-refractivity contribution >= 4 is 18.3 Å². The summed E-state index contributed by atoms with van der Waals surface area (Å²) >= 11 is 0. The Hall–Kier alpha value is -2.05. The number of nitrogens with zero attached hydrogens (tertiary/aromatic N) is 3. The number of rotatable bonds is 3. The lowest BCUT2D eigenvalue weighted by atomic mass is 10.2. The summed E-state index contributed by atoms with van der Waals surface area (Å²) in [6.45, 7) is 1.10. The lowest BCUT2D eigenvalue weighted by Crippen LogP contribution is -2.40. The van der Waals surface area contributed by atoms with E-state index in [4.69, 9.17) is 5.73 Å². The first-order chi connectivity index (χ1) is 10.2. The molecule has 2 aromatic rings. The molecule has 0 saturated carbocycles. The molecule has 1 aliphatic rings. The molecule has 0 radical (unpaired) electrons. The van der Waals surface area contributed by atoms with E-state index in [0.29, 0.717) is 13.1 Å². The summed E-state index contributed by atoms with van der Waals surface area (Å²) in [6, 6.07) is 9.41. The quantitative estimate of drug-likeness (QED) is 0.898. The lowest BCUT2D eigenvalue weighted by Gasteiger charge is -2.22. The molecule has 6 nitrogen and oxygen atoms in total. The smallest absolute Gasteiger partial charge is 0.278 e. The number of nitrogens with two attached hydrogens (primary N) is 1. The molecule has 1 aliphatic heterocycles. The zero-order valence-corrected chi connectivity index (χ0v) is 12.9. The first kappa shape index (κ1) is 16.3. The summed E-state index contributed by atoms with van der Waals surface area (Å²) in [7, 11) is 0. The molecule has 7 heteroatoms. The fraction of sp³-hybridized carbons (Fsp3) is 0.333. The number of benzene rings is 1. The van der Waals surface area contributed by atoms with Gasteiger partial charge >= 0.3 is 0 Å². The van der Waals surface area contributed by atoms with Crippen molar-refractivity contribution in [3.8, 4) is 11.4 Å². The zero-order valence-electron chi connectivity index (χ0n) is 12.1. The van der Waals surface area contributed by atoms with E-state index >= 15 is 0 Å². The SMILES string of the molecule is Cl.NCC1CCCN1C(=O)c1nn(-c2ccccc2)cc1O. The van der Waals surface area contributed by atoms with Gasteiger partial charge in [-0.3, -0.25) is 4.79 Å². The predicted octanol–water partition coefficient (Wildman–Crippen LogP) is 1.56. The monoisotopic (exact) mass is 322 g/mol. The molecule has 118 valence electrons. The van der Waals surface area contributed by atoms with Crippen LogP contribution in [-0.2, 0) is 0 Å². The van der Waals surface area contributed by atoms with Gasteiger partial charge in [-0.25, -0.2) is 4.68 Å². The molecule has 3 rings (SSSR count). The highest BCUT2D eigenvalue weighted by Crippen LogP contribution is 2.24. The summed E-state index contributed by atoms with van der Waals surface area (Å²) in [5.41, 5.74) is 6.57. The van der Waals surface area contributed by atoms with Crippen LogP contribution in [0.1, 0.15) is 23.3 Å². The third kappa shape index (κ3) is 2.93. The Morgan fingerprint density at radius 2 is 2.09 bits per heavy atom. The summed E-state index contributed by atoms with van der Waals surface area (Å²) in [6.07, 6.45) is 3.30. The summed E-state index contributed by atoms with van der Waals surface area (Å²) in [5.74, 6) is -0.360. The molecule has 3 N–H and O–H groups in total. The fourth-order valence-corrected chi connectivity index (χ4v) is 2.71. The minimum Gasteiger partial charge on any atom is -0.504 e. The number of carbonyl (C=O) groups is 1. The van der Waals surface area contributed by atoms with Gasteiger partial charge in [-0.15, -0.1) is 12.4 Å². The second-order valence-electron chi connectivity index (χ2n) is 5.17. The van der Waals surface area contributed by atoms with Crippen LogP contribution in [0.25, 0.3) is 5.69 Å². The van der Waals surface area contributed by atoms with Gasteiger partial charge in [0.25, 0.3) is 5.91 Å². The zero-order chi connectivity index (χ0) is 14.8. The Balaban J connectivity index is 0.00000176. The Morgan fingerprint density at radius 1 is 1.36 bits per heavy atom. The third-order valence-electron chi connectivity index (χ3n) is 3.83. The molecule has 2 heterocycles. The van der Waals surface area contributed by atoms with Gasteiger partial charge in [-0.1, -0.05) is 18.2 Å². The number of halogens is 1. The number of amides is 1. The maximum atomic E-state index is 12.5. The van der Waals surface area contributed by atoms with Gasteiger partial charge in [0.2, 0.25) is 0 Å². The van der Waals surface area contributed by atoms with E-state index in [1.54, 1.807) is 4.90 Å². The molecule has 1 unspecified atom stereocenters. The predicted molar refractivity (Wildman–Crippen MR) is 85.6 cm³/mol. The molecule has 1 aromatic carbocycles. The normalized spacial score (nSPS) is 17.3. The summed E-state index contributed by atoms with van der Waals surface area (Å²) in [5, 5.41) is 14.2. The standard InChI is InChI=1S/C15H18N4O2.ClH/c16-9-12-7-4-8-18(12)15(21)14-13(20)10-19(17-14)11-5-2-1-3-6-11;/h1-3,5-6,10,12,20H,4,7-9,16H2;1H. The Kier molecular flexibility index (Phi) is 5.05. The average molecular weight is 323 g/mol. The van der Waals surface area contributed by atoms with Gasteiger partial charge in [0, 0.05) is 19.1 Å². The Bertz CT molecular complexity index is 644. The molecule has 1 atom stereocenters. The molecule has 1 fully saturated rings. The fourth-order valence-electron chi connectivity index (χ4n) is 2.71. The minimum absolute atomic E-state index is 0. The van der Waals surface area contributed by atoms with Crippen LogP contribution in [0.4, 0.5) is 0 Å². The van der Waals surface area contributed by atoms with Crippen LogP contribution in [0.2, 0.25) is 0 Å². The Labute approximate surface area is 134 Å². The highest BCUT2D eigenvalue weighted by molar-refractivity contribution is 5.95. The van der Waals surface area contributed by atoms with Crippen LogP contribution < -0.4 is 5.73 Å². The van der Waals surface area contributed by atoms with Crippen LogP contribution in [0.5, 0.6) is 5.75 Å².